The van der Waals surface area contributed by atoms with Gasteiger partial charge in [0.1, 0.15) is 12.0 Å². The van der Waals surface area contributed by atoms with Gasteiger partial charge in [-0.15, -0.1) is 0 Å². The molecule has 4 rings (SSSR count). The largest absolute Gasteiger partial charge is 0.447 e. The van der Waals surface area contributed by atoms with Crippen LogP contribution in [0.1, 0.15) is 40.5 Å². The molecule has 0 spiro atoms. The smallest absolute Gasteiger partial charge is 0.433 e. The maximum atomic E-state index is 12.6. The number of hydrogen-bond acceptors (Lipinski definition) is 6. The van der Waals surface area contributed by atoms with Gasteiger partial charge in [-0.2, -0.15) is 13.2 Å². The number of nitrogens with one attached hydrogen (secondary N) is 1. The van der Waals surface area contributed by atoms with Crippen molar-refractivity contribution < 1.29 is 22.4 Å². The first-order chi connectivity index (χ1) is 13.9. The zero-order valence-corrected chi connectivity index (χ0v) is 15.8. The Balaban J connectivity index is 1.26. The van der Waals surface area contributed by atoms with Gasteiger partial charge in [0.15, 0.2) is 5.69 Å². The van der Waals surface area contributed by atoms with E-state index in [1.807, 2.05) is 0 Å². The Labute approximate surface area is 165 Å². The molecule has 0 radical (unpaired) electrons. The van der Waals surface area contributed by atoms with Gasteiger partial charge in [0.25, 0.3) is 5.91 Å². The lowest BCUT2D eigenvalue weighted by molar-refractivity contribution is -0.141. The lowest BCUT2D eigenvalue weighted by atomic mass is 10.2. The fraction of sp³-hybridized carbons (Fsp3) is 0.526. The van der Waals surface area contributed by atoms with Gasteiger partial charge in [-0.1, -0.05) is 6.07 Å². The van der Waals surface area contributed by atoms with E-state index in [1.54, 1.807) is 4.90 Å². The molecule has 1 aliphatic carbocycles. The number of piperazine rings is 1. The molecule has 1 saturated carbocycles. The third-order valence-electron chi connectivity index (χ3n) is 5.07. The lowest BCUT2D eigenvalue weighted by Crippen LogP contribution is -2.48. The van der Waals surface area contributed by atoms with Gasteiger partial charge in [0.05, 0.1) is 6.54 Å². The van der Waals surface area contributed by atoms with Crippen LogP contribution >= 0.6 is 0 Å². The lowest BCUT2D eigenvalue weighted by Gasteiger charge is -2.34. The SMILES string of the molecule is O=C(c1coc(CNC2CC2)n1)N1CCN(Cc2ccc(C(F)(F)F)nc2)CC1. The first-order valence-corrected chi connectivity index (χ1v) is 9.60. The summed E-state index contributed by atoms with van der Waals surface area (Å²) >= 11 is 0. The van der Waals surface area contributed by atoms with Crippen molar-refractivity contribution >= 4 is 5.91 Å². The fourth-order valence-corrected chi connectivity index (χ4v) is 3.22. The number of nitrogens with zero attached hydrogens (tertiary/aromatic N) is 4. The summed E-state index contributed by atoms with van der Waals surface area (Å²) < 4.78 is 43.2. The number of carbonyl (C=O) groups excluding carboxylic acids is 1. The molecule has 0 aromatic carbocycles. The summed E-state index contributed by atoms with van der Waals surface area (Å²) in [6.07, 6.45) is 0.553. The predicted molar refractivity (Wildman–Crippen MR) is 96.8 cm³/mol. The van der Waals surface area contributed by atoms with Gasteiger partial charge in [-0.25, -0.2) is 4.98 Å². The number of oxazole rings is 1. The van der Waals surface area contributed by atoms with Crippen molar-refractivity contribution in [2.75, 3.05) is 26.2 Å². The van der Waals surface area contributed by atoms with Crippen LogP contribution in [0.25, 0.3) is 0 Å². The van der Waals surface area contributed by atoms with Crippen molar-refractivity contribution in [3.05, 3.63) is 47.4 Å². The van der Waals surface area contributed by atoms with Crippen LogP contribution in [0, 0.1) is 0 Å². The second-order valence-electron chi connectivity index (χ2n) is 7.40. The minimum atomic E-state index is -4.43. The molecule has 1 N–H and O–H groups in total. The number of hydrogen-bond donors (Lipinski definition) is 1. The molecule has 2 aromatic rings. The molecular formula is C19H22F3N5O2. The Bertz CT molecular complexity index is 840. The molecule has 10 heteroatoms. The van der Waals surface area contributed by atoms with Crippen LogP contribution in [0.2, 0.25) is 0 Å². The van der Waals surface area contributed by atoms with E-state index in [0.29, 0.717) is 62.5 Å². The van der Waals surface area contributed by atoms with Crippen molar-refractivity contribution in [1.82, 2.24) is 25.1 Å². The molecule has 1 saturated heterocycles. The third-order valence-corrected chi connectivity index (χ3v) is 5.07. The molecule has 156 valence electrons. The van der Waals surface area contributed by atoms with Crippen LogP contribution < -0.4 is 5.32 Å². The van der Waals surface area contributed by atoms with Crippen LogP contribution in [-0.4, -0.2) is 57.9 Å². The molecule has 29 heavy (non-hydrogen) atoms. The van der Waals surface area contributed by atoms with Gasteiger partial charge < -0.3 is 14.6 Å². The normalized spacial score (nSPS) is 18.2. The zero-order chi connectivity index (χ0) is 20.4. The van der Waals surface area contributed by atoms with Crippen LogP contribution in [-0.2, 0) is 19.3 Å². The van der Waals surface area contributed by atoms with E-state index in [-0.39, 0.29) is 5.91 Å². The standard InChI is InChI=1S/C19H22F3N5O2/c20-19(21,22)16-4-1-13(9-24-16)11-26-5-7-27(8-6-26)18(28)15-12-29-17(25-15)10-23-14-2-3-14/h1,4,9,12,14,23H,2-3,5-8,10-11H2. The molecule has 2 fully saturated rings. The first-order valence-electron chi connectivity index (χ1n) is 9.60. The van der Waals surface area contributed by atoms with Gasteiger partial charge >= 0.3 is 6.18 Å². The number of amides is 1. The predicted octanol–water partition coefficient (Wildman–Crippen LogP) is 2.30. The summed E-state index contributed by atoms with van der Waals surface area (Å²) in [5.41, 5.74) is 0.121. The molecule has 2 aliphatic rings. The zero-order valence-electron chi connectivity index (χ0n) is 15.8. The number of aromatic nitrogens is 2. The number of alkyl halides is 3. The Morgan fingerprint density at radius 1 is 1.21 bits per heavy atom. The van der Waals surface area contributed by atoms with E-state index in [4.69, 9.17) is 4.42 Å². The first kappa shape index (κ1) is 19.8. The van der Waals surface area contributed by atoms with E-state index in [9.17, 15) is 18.0 Å². The van der Waals surface area contributed by atoms with E-state index in [0.717, 1.165) is 6.07 Å². The van der Waals surface area contributed by atoms with Gasteiger partial charge in [-0.05, 0) is 24.5 Å². The average molecular weight is 409 g/mol. The van der Waals surface area contributed by atoms with Crippen molar-refractivity contribution in [2.24, 2.45) is 0 Å². The fourth-order valence-electron chi connectivity index (χ4n) is 3.22. The summed E-state index contributed by atoms with van der Waals surface area (Å²) in [6.45, 7) is 3.31. The summed E-state index contributed by atoms with van der Waals surface area (Å²) in [6, 6.07) is 2.98. The maximum Gasteiger partial charge on any atom is 0.433 e. The molecule has 0 bridgehead atoms. The topological polar surface area (TPSA) is 74.5 Å². The van der Waals surface area contributed by atoms with E-state index < -0.39 is 11.9 Å². The van der Waals surface area contributed by atoms with Crippen molar-refractivity contribution in [2.45, 2.75) is 38.1 Å². The average Bonchev–Trinajstić information content (AvgIpc) is 3.42. The molecule has 1 amide bonds. The van der Waals surface area contributed by atoms with Crippen LogP contribution in [0.3, 0.4) is 0 Å². The molecule has 2 aromatic heterocycles. The second kappa shape index (κ2) is 8.11. The number of pyridine rings is 1. The summed E-state index contributed by atoms with van der Waals surface area (Å²) in [5, 5.41) is 3.29. The van der Waals surface area contributed by atoms with E-state index in [1.165, 1.54) is 31.4 Å². The summed E-state index contributed by atoms with van der Waals surface area (Å²) in [7, 11) is 0. The number of halogens is 3. The minimum absolute atomic E-state index is 0.165. The molecule has 1 aliphatic heterocycles. The third kappa shape index (κ3) is 5.13. The van der Waals surface area contributed by atoms with Crippen molar-refractivity contribution in [3.8, 4) is 0 Å². The molecule has 3 heterocycles. The van der Waals surface area contributed by atoms with E-state index in [2.05, 4.69) is 20.2 Å². The number of carbonyl (C=O) groups is 1. The molecule has 7 nitrogen and oxygen atoms in total. The van der Waals surface area contributed by atoms with E-state index >= 15 is 0 Å². The summed E-state index contributed by atoms with van der Waals surface area (Å²) in [5.74, 6) is 0.343. The van der Waals surface area contributed by atoms with Gasteiger partial charge in [0, 0.05) is 45.0 Å². The highest BCUT2D eigenvalue weighted by Crippen LogP contribution is 2.27. The van der Waals surface area contributed by atoms with Crippen LogP contribution in [0.15, 0.2) is 29.0 Å². The Kier molecular flexibility index (Phi) is 5.55. The maximum absolute atomic E-state index is 12.6. The Morgan fingerprint density at radius 2 is 1.97 bits per heavy atom. The monoisotopic (exact) mass is 409 g/mol. The highest BCUT2D eigenvalue weighted by Gasteiger charge is 2.32. The molecule has 0 unspecified atom stereocenters. The van der Waals surface area contributed by atoms with Gasteiger partial charge in [0.2, 0.25) is 5.89 Å². The Hall–Kier alpha value is -2.46. The quantitative estimate of drug-likeness (QED) is 0.789. The summed E-state index contributed by atoms with van der Waals surface area (Å²) in [4.78, 5) is 24.2. The van der Waals surface area contributed by atoms with Crippen molar-refractivity contribution in [3.63, 3.8) is 0 Å². The minimum Gasteiger partial charge on any atom is -0.447 e. The number of rotatable bonds is 6. The van der Waals surface area contributed by atoms with Crippen molar-refractivity contribution in [1.29, 1.82) is 0 Å². The second-order valence-corrected chi connectivity index (χ2v) is 7.40. The molecule has 0 atom stereocenters. The highest BCUT2D eigenvalue weighted by atomic mass is 19.4. The van der Waals surface area contributed by atoms with Gasteiger partial charge in [-0.3, -0.25) is 14.7 Å². The Morgan fingerprint density at radius 3 is 2.59 bits per heavy atom. The highest BCUT2D eigenvalue weighted by molar-refractivity contribution is 5.92. The van der Waals surface area contributed by atoms with Crippen LogP contribution in [0.5, 0.6) is 0 Å². The molecular weight excluding hydrogens is 387 g/mol. The van der Waals surface area contributed by atoms with Crippen LogP contribution in [0.4, 0.5) is 13.2 Å².